The smallest absolute Gasteiger partial charge is 0.400 e. The maximum atomic E-state index is 13.6. The zero-order chi connectivity index (χ0) is 31.5. The van der Waals surface area contributed by atoms with Crippen LogP contribution < -0.4 is 20.6 Å². The highest BCUT2D eigenvalue weighted by molar-refractivity contribution is 6.99. The lowest BCUT2D eigenvalue weighted by Crippen LogP contribution is -2.67. The molecule has 2 N–H and O–H groups in total. The van der Waals surface area contributed by atoms with E-state index in [0.717, 1.165) is 15.9 Å². The maximum Gasteiger partial charge on any atom is 0.426 e. The van der Waals surface area contributed by atoms with Crippen molar-refractivity contribution in [3.8, 4) is 6.07 Å². The number of urea groups is 1. The third-order valence-electron chi connectivity index (χ3n) is 8.41. The number of nitrogens with two attached hydrogens (primary N) is 1. The van der Waals surface area contributed by atoms with Gasteiger partial charge in [-0.05, 0) is 33.6 Å². The van der Waals surface area contributed by atoms with Crippen molar-refractivity contribution in [2.75, 3.05) is 20.8 Å². The Morgan fingerprint density at radius 1 is 0.977 bits per heavy atom. The molecule has 0 bridgehead atoms. The molecule has 9 nitrogen and oxygen atoms in total. The number of quaternary nitrogens is 1. The fraction of sp³-hybridized carbons (Fsp3) is 0.294. The summed E-state index contributed by atoms with van der Waals surface area (Å²) in [5, 5.41) is 11.4. The second-order valence-corrected chi connectivity index (χ2v) is 16.2. The third-order valence-corrected chi connectivity index (χ3v) is 13.5. The molecule has 44 heavy (non-hydrogen) atoms. The Morgan fingerprint density at radius 2 is 1.59 bits per heavy atom. The van der Waals surface area contributed by atoms with Gasteiger partial charge in [0.2, 0.25) is 17.9 Å². The standard InChI is InChI=1S/C34H37N5O4Si/c1-34(2,3)44(25-12-8-6-9-13-25,26-14-10-7-11-15-26)43-29-20-21-39(33(36)40,30-19-16-24(22-35)23-37-30)31-27(29)17-18-28(38-31)32(41-4)42-5/h6-19,23,29,32H,20-21H2,1-5H3,(H-,36,40)/p+1. The van der Waals surface area contributed by atoms with Gasteiger partial charge in [0.15, 0.2) is 0 Å². The average Bonchev–Trinajstić information content (AvgIpc) is 3.04. The predicted molar refractivity (Wildman–Crippen MR) is 172 cm³/mol. The second kappa shape index (κ2) is 12.4. The molecule has 2 aromatic carbocycles. The van der Waals surface area contributed by atoms with Crippen molar-refractivity contribution in [2.45, 2.75) is 44.6 Å². The number of primary amides is 1. The van der Waals surface area contributed by atoms with Crippen LogP contribution in [0.15, 0.2) is 91.1 Å². The zero-order valence-corrected chi connectivity index (χ0v) is 26.7. The number of carbonyl (C=O) groups is 1. The molecule has 4 aromatic rings. The summed E-state index contributed by atoms with van der Waals surface area (Å²) in [6, 6.07) is 29.4. The molecule has 0 fully saturated rings. The van der Waals surface area contributed by atoms with Gasteiger partial charge in [-0.15, -0.1) is 4.48 Å². The molecule has 2 atom stereocenters. The molecule has 2 aromatic heterocycles. The number of hydrogen-bond donors (Lipinski definition) is 1. The minimum atomic E-state index is -2.97. The molecule has 0 radical (unpaired) electrons. The first-order valence-electron chi connectivity index (χ1n) is 14.5. The number of carbonyl (C=O) groups excluding carboxylic acids is 1. The highest BCUT2D eigenvalue weighted by Gasteiger charge is 2.55. The minimum Gasteiger partial charge on any atom is -0.400 e. The Balaban J connectivity index is 1.75. The van der Waals surface area contributed by atoms with Crippen LogP contribution in [-0.2, 0) is 13.9 Å². The first kappa shape index (κ1) is 31.2. The Morgan fingerprint density at radius 3 is 2.07 bits per heavy atom. The van der Waals surface area contributed by atoms with Crippen LogP contribution in [0.3, 0.4) is 0 Å². The highest BCUT2D eigenvalue weighted by atomic mass is 28.4. The van der Waals surface area contributed by atoms with E-state index in [9.17, 15) is 10.1 Å². The van der Waals surface area contributed by atoms with Crippen LogP contribution in [0.1, 0.15) is 56.4 Å². The summed E-state index contributed by atoms with van der Waals surface area (Å²) in [4.78, 5) is 23.1. The van der Waals surface area contributed by atoms with Gasteiger partial charge in [0.25, 0.3) is 8.32 Å². The van der Waals surface area contributed by atoms with Gasteiger partial charge in [-0.25, -0.2) is 9.78 Å². The van der Waals surface area contributed by atoms with E-state index in [0.29, 0.717) is 29.3 Å². The SMILES string of the molecule is COC(OC)c1ccc2c(n1)[N+](C(N)=O)(c1ccc(C#N)cn1)CCC2O[Si](c1ccccc1)(c1ccccc1)C(C)(C)C. The number of nitrogens with zero attached hydrogens (tertiary/aromatic N) is 4. The van der Waals surface area contributed by atoms with Gasteiger partial charge in [-0.2, -0.15) is 10.2 Å². The third kappa shape index (κ3) is 5.23. The Labute approximate surface area is 259 Å². The Bertz CT molecular complexity index is 1610. The molecule has 1 aliphatic heterocycles. The number of aromatic nitrogens is 2. The van der Waals surface area contributed by atoms with Crippen molar-refractivity contribution in [1.29, 1.82) is 5.26 Å². The van der Waals surface area contributed by atoms with Crippen LogP contribution in [0.2, 0.25) is 5.04 Å². The molecular weight excluding hydrogens is 570 g/mol. The van der Waals surface area contributed by atoms with Crippen LogP contribution in [-0.4, -0.2) is 45.1 Å². The van der Waals surface area contributed by atoms with Crippen LogP contribution >= 0.6 is 0 Å². The number of amides is 2. The lowest BCUT2D eigenvalue weighted by atomic mass is 9.99. The summed E-state index contributed by atoms with van der Waals surface area (Å²) in [5.41, 5.74) is 7.83. The van der Waals surface area contributed by atoms with Crippen LogP contribution in [0, 0.1) is 11.3 Å². The molecule has 3 heterocycles. The van der Waals surface area contributed by atoms with Crippen molar-refractivity contribution in [2.24, 2.45) is 5.73 Å². The number of hydrogen-bond acceptors (Lipinski definition) is 7. The lowest BCUT2D eigenvalue weighted by Gasteiger charge is -2.47. The number of methoxy groups -OCH3 is 2. The summed E-state index contributed by atoms with van der Waals surface area (Å²) < 4.78 is 18.2. The summed E-state index contributed by atoms with van der Waals surface area (Å²) in [7, 11) is 0.0891. The van der Waals surface area contributed by atoms with Crippen molar-refractivity contribution in [3.63, 3.8) is 0 Å². The van der Waals surface area contributed by atoms with E-state index in [4.69, 9.17) is 24.6 Å². The Kier molecular flexibility index (Phi) is 8.79. The van der Waals surface area contributed by atoms with Crippen molar-refractivity contribution >= 4 is 36.4 Å². The number of ether oxygens (including phenoxy) is 2. The van der Waals surface area contributed by atoms with E-state index in [2.05, 4.69) is 80.4 Å². The van der Waals surface area contributed by atoms with Crippen LogP contribution in [0.25, 0.3) is 0 Å². The molecule has 5 rings (SSSR count). The molecule has 0 spiro atoms. The fourth-order valence-corrected chi connectivity index (χ4v) is 11.0. The van der Waals surface area contributed by atoms with Gasteiger partial charge in [0, 0.05) is 26.7 Å². The molecule has 0 saturated carbocycles. The first-order chi connectivity index (χ1) is 21.1. The van der Waals surface area contributed by atoms with Crippen molar-refractivity contribution in [1.82, 2.24) is 14.5 Å². The quantitative estimate of drug-likeness (QED) is 0.162. The van der Waals surface area contributed by atoms with Crippen LogP contribution in [0.4, 0.5) is 16.4 Å². The molecule has 2 unspecified atom stereocenters. The van der Waals surface area contributed by atoms with Crippen molar-refractivity contribution in [3.05, 3.63) is 108 Å². The molecular formula is C34H38N5O4Si+. The molecule has 0 saturated heterocycles. The van der Waals surface area contributed by atoms with Gasteiger partial charge >= 0.3 is 6.03 Å². The van der Waals surface area contributed by atoms with Gasteiger partial charge in [0.05, 0.1) is 23.4 Å². The molecule has 1 aliphatic rings. The second-order valence-electron chi connectivity index (χ2n) is 11.9. The zero-order valence-electron chi connectivity index (χ0n) is 25.7. The van der Waals surface area contributed by atoms with Gasteiger partial charge in [0.1, 0.15) is 18.3 Å². The van der Waals surface area contributed by atoms with E-state index in [-0.39, 0.29) is 11.6 Å². The summed E-state index contributed by atoms with van der Waals surface area (Å²) in [6.07, 6.45) is 0.744. The predicted octanol–water partition coefficient (Wildman–Crippen LogP) is 5.38. The van der Waals surface area contributed by atoms with Crippen LogP contribution in [0.5, 0.6) is 0 Å². The molecule has 0 aliphatic carbocycles. The summed E-state index contributed by atoms with van der Waals surface area (Å²) in [6.45, 7) is 6.95. The number of nitriles is 1. The van der Waals surface area contributed by atoms with Crippen molar-refractivity contribution < 1.29 is 18.7 Å². The van der Waals surface area contributed by atoms with E-state index >= 15 is 0 Å². The monoisotopic (exact) mass is 608 g/mol. The van der Waals surface area contributed by atoms with E-state index in [1.54, 1.807) is 12.1 Å². The number of fused-ring (bicyclic) bond motifs is 1. The number of benzene rings is 2. The van der Waals surface area contributed by atoms with Gasteiger partial charge in [-0.1, -0.05) is 81.4 Å². The molecule has 2 amide bonds. The number of pyridine rings is 2. The highest BCUT2D eigenvalue weighted by Crippen LogP contribution is 2.48. The normalized spacial score (nSPS) is 18.4. The summed E-state index contributed by atoms with van der Waals surface area (Å²) in [5.74, 6) is 0.776. The minimum absolute atomic E-state index is 0.255. The maximum absolute atomic E-state index is 13.6. The molecule has 10 heteroatoms. The van der Waals surface area contributed by atoms with Gasteiger partial charge in [-0.3, -0.25) is 0 Å². The van der Waals surface area contributed by atoms with E-state index in [1.165, 1.54) is 20.4 Å². The summed E-state index contributed by atoms with van der Waals surface area (Å²) >= 11 is 0. The number of rotatable bonds is 8. The largest absolute Gasteiger partial charge is 0.426 e. The van der Waals surface area contributed by atoms with E-state index in [1.807, 2.05) is 24.3 Å². The Hall–Kier alpha value is -4.24. The van der Waals surface area contributed by atoms with E-state index < -0.39 is 31.2 Å². The fourth-order valence-electron chi connectivity index (χ4n) is 6.33. The first-order valence-corrected chi connectivity index (χ1v) is 16.4. The topological polar surface area (TPSA) is 120 Å². The molecule has 226 valence electrons. The van der Waals surface area contributed by atoms with Gasteiger partial charge < -0.3 is 19.6 Å². The average molecular weight is 609 g/mol. The lowest BCUT2D eigenvalue weighted by molar-refractivity contribution is -0.108.